The van der Waals surface area contributed by atoms with E-state index in [1.54, 1.807) is 0 Å². The predicted octanol–water partition coefficient (Wildman–Crippen LogP) is 3.00. The maximum Gasteiger partial charge on any atom is 0.327 e. The molecule has 2 aromatic rings. The first kappa shape index (κ1) is 23.3. The molecule has 0 aliphatic carbocycles. The highest BCUT2D eigenvalue weighted by Gasteiger charge is 2.33. The molecule has 2 saturated heterocycles. The van der Waals surface area contributed by atoms with E-state index in [0.29, 0.717) is 25.9 Å². The number of piperidine rings is 1. The summed E-state index contributed by atoms with van der Waals surface area (Å²) < 4.78 is 5.07. The molecule has 7 nitrogen and oxygen atoms in total. The van der Waals surface area contributed by atoms with Crippen LogP contribution in [-0.4, -0.2) is 75.1 Å². The van der Waals surface area contributed by atoms with Crippen LogP contribution in [0.15, 0.2) is 54.6 Å². The van der Waals surface area contributed by atoms with E-state index in [-0.39, 0.29) is 17.8 Å². The fourth-order valence-electron chi connectivity index (χ4n) is 4.73. The zero-order valence-electron chi connectivity index (χ0n) is 19.6. The molecule has 0 bridgehead atoms. The third-order valence-electron chi connectivity index (χ3n) is 6.81. The molecule has 1 unspecified atom stereocenters. The SMILES string of the molecule is COC(=O)C(c1ccccc1)N1CCC(C(=O)Nc2ccc(N3CCN(C)CC3)cc2)CC1. The number of anilines is 2. The van der Waals surface area contributed by atoms with Crippen molar-refractivity contribution in [2.24, 2.45) is 5.92 Å². The van der Waals surface area contributed by atoms with Crippen molar-refractivity contribution in [3.63, 3.8) is 0 Å². The van der Waals surface area contributed by atoms with Crippen LogP contribution in [0.4, 0.5) is 11.4 Å². The first-order chi connectivity index (χ1) is 16.0. The number of amides is 1. The molecule has 7 heteroatoms. The summed E-state index contributed by atoms with van der Waals surface area (Å²) in [4.78, 5) is 32.2. The number of esters is 1. The van der Waals surface area contributed by atoms with Crippen LogP contribution >= 0.6 is 0 Å². The van der Waals surface area contributed by atoms with Crippen LogP contribution in [-0.2, 0) is 14.3 Å². The molecule has 1 atom stereocenters. The van der Waals surface area contributed by atoms with E-state index in [2.05, 4.69) is 39.2 Å². The summed E-state index contributed by atoms with van der Waals surface area (Å²) in [6.45, 7) is 5.54. The van der Waals surface area contributed by atoms with E-state index < -0.39 is 6.04 Å². The van der Waals surface area contributed by atoms with Crippen LogP contribution in [0, 0.1) is 5.92 Å². The summed E-state index contributed by atoms with van der Waals surface area (Å²) in [5, 5.41) is 3.08. The maximum atomic E-state index is 12.9. The standard InChI is InChI=1S/C26H34N4O3/c1-28-16-18-29(19-17-28)23-10-8-22(9-11-23)27-25(31)21-12-14-30(15-13-21)24(26(32)33-2)20-6-4-3-5-7-20/h3-11,21,24H,12-19H2,1-2H3,(H,27,31). The molecular formula is C26H34N4O3. The monoisotopic (exact) mass is 450 g/mol. The lowest BCUT2D eigenvalue weighted by Gasteiger charge is -2.36. The highest BCUT2D eigenvalue weighted by molar-refractivity contribution is 5.92. The van der Waals surface area contributed by atoms with Crippen molar-refractivity contribution in [1.29, 1.82) is 0 Å². The summed E-state index contributed by atoms with van der Waals surface area (Å²) in [6, 6.07) is 17.4. The molecule has 2 aliphatic rings. The second-order valence-corrected chi connectivity index (χ2v) is 8.97. The molecule has 0 saturated carbocycles. The number of benzene rings is 2. The number of likely N-dealkylation sites (N-methyl/N-ethyl adjacent to an activating group) is 1. The van der Waals surface area contributed by atoms with Crippen molar-refractivity contribution in [3.05, 3.63) is 60.2 Å². The van der Waals surface area contributed by atoms with Crippen LogP contribution in [0.5, 0.6) is 0 Å². The van der Waals surface area contributed by atoms with Gasteiger partial charge < -0.3 is 19.9 Å². The van der Waals surface area contributed by atoms with Gasteiger partial charge in [0.05, 0.1) is 7.11 Å². The Morgan fingerprint density at radius 2 is 1.55 bits per heavy atom. The minimum absolute atomic E-state index is 0.0522. The summed E-state index contributed by atoms with van der Waals surface area (Å²) in [7, 11) is 3.57. The molecule has 2 heterocycles. The lowest BCUT2D eigenvalue weighted by Crippen LogP contribution is -2.44. The molecule has 33 heavy (non-hydrogen) atoms. The van der Waals surface area contributed by atoms with Gasteiger partial charge in [-0.15, -0.1) is 0 Å². The van der Waals surface area contributed by atoms with Crippen LogP contribution < -0.4 is 10.2 Å². The van der Waals surface area contributed by atoms with Crippen LogP contribution in [0.2, 0.25) is 0 Å². The van der Waals surface area contributed by atoms with E-state index in [9.17, 15) is 9.59 Å². The van der Waals surface area contributed by atoms with Crippen LogP contribution in [0.3, 0.4) is 0 Å². The summed E-state index contributed by atoms with van der Waals surface area (Å²) in [5.41, 5.74) is 2.95. The van der Waals surface area contributed by atoms with Crippen LogP contribution in [0.25, 0.3) is 0 Å². The Kier molecular flexibility index (Phi) is 7.62. The first-order valence-corrected chi connectivity index (χ1v) is 11.8. The van der Waals surface area contributed by atoms with Gasteiger partial charge in [0.2, 0.25) is 5.91 Å². The molecule has 0 radical (unpaired) electrons. The van der Waals surface area contributed by atoms with Crippen molar-refractivity contribution in [3.8, 4) is 0 Å². The number of rotatable bonds is 6. The first-order valence-electron chi connectivity index (χ1n) is 11.8. The highest BCUT2D eigenvalue weighted by Crippen LogP contribution is 2.29. The number of hydrogen-bond acceptors (Lipinski definition) is 6. The Balaban J connectivity index is 1.31. The Bertz CT molecular complexity index is 918. The molecule has 176 valence electrons. The molecular weight excluding hydrogens is 416 g/mol. The highest BCUT2D eigenvalue weighted by atomic mass is 16.5. The second-order valence-electron chi connectivity index (χ2n) is 8.97. The van der Waals surface area contributed by atoms with Crippen molar-refractivity contribution in [2.75, 3.05) is 63.6 Å². The summed E-state index contributed by atoms with van der Waals surface area (Å²) >= 11 is 0. The summed E-state index contributed by atoms with van der Waals surface area (Å²) in [5.74, 6) is -0.270. The van der Waals surface area contributed by atoms with Gasteiger partial charge in [-0.1, -0.05) is 30.3 Å². The zero-order valence-corrected chi connectivity index (χ0v) is 19.6. The van der Waals surface area contributed by atoms with E-state index in [1.807, 2.05) is 42.5 Å². The van der Waals surface area contributed by atoms with Gasteiger partial charge in [-0.2, -0.15) is 0 Å². The van der Waals surface area contributed by atoms with E-state index >= 15 is 0 Å². The third kappa shape index (κ3) is 5.72. The molecule has 2 aliphatic heterocycles. The van der Waals surface area contributed by atoms with E-state index in [0.717, 1.165) is 37.4 Å². The van der Waals surface area contributed by atoms with Gasteiger partial charge in [0.25, 0.3) is 0 Å². The number of carbonyl (C=O) groups is 2. The van der Waals surface area contributed by atoms with Gasteiger partial charge in [-0.05, 0) is 49.7 Å². The quantitative estimate of drug-likeness (QED) is 0.683. The van der Waals surface area contributed by atoms with Crippen molar-refractivity contribution in [1.82, 2.24) is 9.80 Å². The van der Waals surface area contributed by atoms with Gasteiger partial charge in [0.1, 0.15) is 6.04 Å². The topological polar surface area (TPSA) is 65.1 Å². The maximum absolute atomic E-state index is 12.9. The van der Waals surface area contributed by atoms with Crippen molar-refractivity contribution < 1.29 is 14.3 Å². The summed E-state index contributed by atoms with van der Waals surface area (Å²) in [6.07, 6.45) is 1.43. The average Bonchev–Trinajstić information content (AvgIpc) is 2.86. The minimum atomic E-state index is -0.428. The number of nitrogens with one attached hydrogen (secondary N) is 1. The van der Waals surface area contributed by atoms with E-state index in [4.69, 9.17) is 4.74 Å². The van der Waals surface area contributed by atoms with E-state index in [1.165, 1.54) is 12.8 Å². The number of hydrogen-bond donors (Lipinski definition) is 1. The Labute approximate surface area is 196 Å². The fourth-order valence-corrected chi connectivity index (χ4v) is 4.73. The number of likely N-dealkylation sites (tertiary alicyclic amines) is 1. The van der Waals surface area contributed by atoms with Gasteiger partial charge in [-0.3, -0.25) is 9.69 Å². The normalized spacial score (nSPS) is 19.2. The van der Waals surface area contributed by atoms with Gasteiger partial charge in [0.15, 0.2) is 0 Å². The Morgan fingerprint density at radius 3 is 2.15 bits per heavy atom. The van der Waals surface area contributed by atoms with Crippen LogP contribution in [0.1, 0.15) is 24.4 Å². The number of carbonyl (C=O) groups excluding carboxylic acids is 2. The number of methoxy groups -OCH3 is 1. The predicted molar refractivity (Wildman–Crippen MR) is 130 cm³/mol. The Hall–Kier alpha value is -2.90. The zero-order chi connectivity index (χ0) is 23.2. The lowest BCUT2D eigenvalue weighted by molar-refractivity contribution is -0.148. The molecule has 0 spiro atoms. The average molecular weight is 451 g/mol. The van der Waals surface area contributed by atoms with Crippen molar-refractivity contribution in [2.45, 2.75) is 18.9 Å². The number of nitrogens with zero attached hydrogens (tertiary/aromatic N) is 3. The fraction of sp³-hybridized carbons (Fsp3) is 0.462. The molecule has 4 rings (SSSR count). The Morgan fingerprint density at radius 1 is 0.909 bits per heavy atom. The molecule has 2 fully saturated rings. The van der Waals surface area contributed by atoms with Gasteiger partial charge in [-0.25, -0.2) is 4.79 Å². The molecule has 0 aromatic heterocycles. The lowest BCUT2D eigenvalue weighted by atomic mass is 9.93. The smallest absolute Gasteiger partial charge is 0.327 e. The second kappa shape index (κ2) is 10.8. The largest absolute Gasteiger partial charge is 0.468 e. The third-order valence-corrected chi connectivity index (χ3v) is 6.81. The number of ether oxygens (including phenoxy) is 1. The van der Waals surface area contributed by atoms with Gasteiger partial charge in [0, 0.05) is 56.6 Å². The van der Waals surface area contributed by atoms with Crippen molar-refractivity contribution >= 4 is 23.3 Å². The molecule has 1 amide bonds. The molecule has 2 aromatic carbocycles. The minimum Gasteiger partial charge on any atom is -0.468 e. The molecule has 1 N–H and O–H groups in total. The number of piperazine rings is 1. The van der Waals surface area contributed by atoms with Gasteiger partial charge >= 0.3 is 5.97 Å².